The smallest absolute Gasteiger partial charge is 0.407 e. The van der Waals surface area contributed by atoms with Gasteiger partial charge in [-0.1, -0.05) is 0 Å². The van der Waals surface area contributed by atoms with Crippen molar-refractivity contribution in [3.8, 4) is 5.75 Å². The zero-order chi connectivity index (χ0) is 14.5. The molecule has 1 fully saturated rings. The Kier molecular flexibility index (Phi) is 4.57. The Hall–Kier alpha value is -2.09. The largest absolute Gasteiger partial charge is 0.490 e. The van der Waals surface area contributed by atoms with Gasteiger partial charge in [0.2, 0.25) is 0 Å². The maximum absolute atomic E-state index is 11.0. The normalized spacial score (nSPS) is 18.7. The van der Waals surface area contributed by atoms with Crippen LogP contribution in [0.4, 0.5) is 4.79 Å². The van der Waals surface area contributed by atoms with Crippen LogP contribution in [0.2, 0.25) is 0 Å². The summed E-state index contributed by atoms with van der Waals surface area (Å²) in [6.45, 7) is 1.47. The van der Waals surface area contributed by atoms with Crippen molar-refractivity contribution in [2.24, 2.45) is 5.73 Å². The summed E-state index contributed by atoms with van der Waals surface area (Å²) in [4.78, 5) is 18.1. The summed E-state index contributed by atoms with van der Waals surface area (Å²) >= 11 is 5.00. The summed E-state index contributed by atoms with van der Waals surface area (Å²) in [5, 5.41) is 9.32. The molecule has 108 valence electrons. The third-order valence-corrected chi connectivity index (χ3v) is 3.35. The van der Waals surface area contributed by atoms with Gasteiger partial charge in [-0.25, -0.2) is 4.79 Å². The number of hydrogen-bond acceptors (Lipinski definition) is 4. The van der Waals surface area contributed by atoms with E-state index in [4.69, 9.17) is 27.8 Å². The molecule has 1 aromatic heterocycles. The first-order chi connectivity index (χ1) is 9.58. The van der Waals surface area contributed by atoms with Crippen LogP contribution in [0.1, 0.15) is 0 Å². The Morgan fingerprint density at radius 2 is 2.40 bits per heavy atom. The highest BCUT2D eigenvalue weighted by Gasteiger charge is 2.30. The average molecular weight is 296 g/mol. The van der Waals surface area contributed by atoms with Crippen molar-refractivity contribution in [2.75, 3.05) is 26.2 Å². The molecule has 0 aromatic carbocycles. The van der Waals surface area contributed by atoms with Gasteiger partial charge in [0, 0.05) is 25.8 Å². The zero-order valence-corrected chi connectivity index (χ0v) is 11.6. The molecule has 0 saturated carbocycles. The van der Waals surface area contributed by atoms with Gasteiger partial charge in [0.15, 0.2) is 5.11 Å². The fourth-order valence-electron chi connectivity index (χ4n) is 2.09. The summed E-state index contributed by atoms with van der Waals surface area (Å²) in [5.74, 6) is 0.628. The van der Waals surface area contributed by atoms with Gasteiger partial charge in [0.1, 0.15) is 12.4 Å². The number of carboxylic acid groups (broad SMARTS) is 1. The molecule has 2 rings (SSSR count). The van der Waals surface area contributed by atoms with E-state index in [1.54, 1.807) is 29.4 Å². The fraction of sp³-hybridized carbons (Fsp3) is 0.417. The Labute approximate surface area is 121 Å². The molecule has 2 heterocycles. The van der Waals surface area contributed by atoms with E-state index >= 15 is 0 Å². The quantitative estimate of drug-likeness (QED) is 0.778. The van der Waals surface area contributed by atoms with Crippen LogP contribution in [0.5, 0.6) is 5.75 Å². The highest BCUT2D eigenvalue weighted by molar-refractivity contribution is 7.80. The fourth-order valence-corrected chi connectivity index (χ4v) is 2.33. The predicted octanol–water partition coefficient (Wildman–Crippen LogP) is 0.368. The van der Waals surface area contributed by atoms with Crippen LogP contribution in [-0.4, -0.2) is 63.4 Å². The minimum absolute atomic E-state index is 0.197. The lowest BCUT2D eigenvalue weighted by molar-refractivity contribution is 0.0820. The molecule has 0 bridgehead atoms. The van der Waals surface area contributed by atoms with Crippen molar-refractivity contribution >= 4 is 23.4 Å². The van der Waals surface area contributed by atoms with Gasteiger partial charge >= 0.3 is 6.09 Å². The molecule has 1 atom stereocenters. The number of carbonyl (C=O) groups is 1. The van der Waals surface area contributed by atoms with Crippen molar-refractivity contribution in [3.05, 3.63) is 24.5 Å². The number of pyridine rings is 1. The topological polar surface area (TPSA) is 91.9 Å². The number of nitrogens with two attached hydrogens (primary N) is 1. The predicted molar refractivity (Wildman–Crippen MR) is 76.6 cm³/mol. The van der Waals surface area contributed by atoms with E-state index in [1.165, 1.54) is 4.90 Å². The Morgan fingerprint density at radius 3 is 3.00 bits per heavy atom. The van der Waals surface area contributed by atoms with Crippen LogP contribution in [0.15, 0.2) is 24.5 Å². The Bertz CT molecular complexity index is 485. The van der Waals surface area contributed by atoms with Gasteiger partial charge in [0.05, 0.1) is 12.2 Å². The third-order valence-electron chi connectivity index (χ3n) is 3.11. The number of rotatable bonds is 3. The van der Waals surface area contributed by atoms with Crippen molar-refractivity contribution in [1.82, 2.24) is 14.8 Å². The van der Waals surface area contributed by atoms with E-state index in [0.717, 1.165) is 0 Å². The van der Waals surface area contributed by atoms with Crippen LogP contribution >= 0.6 is 12.2 Å². The van der Waals surface area contributed by atoms with Gasteiger partial charge in [0.25, 0.3) is 0 Å². The second kappa shape index (κ2) is 6.38. The standard InChI is InChI=1S/C12H16N4O3S/c13-11(20)16-5-4-15(12(17)18)7-9(16)8-19-10-2-1-3-14-6-10/h1-3,6,9H,4-5,7-8H2,(H2,13,20)(H,17,18). The molecule has 1 aliphatic rings. The van der Waals surface area contributed by atoms with Crippen LogP contribution in [0.25, 0.3) is 0 Å². The van der Waals surface area contributed by atoms with Gasteiger partial charge in [-0.2, -0.15) is 0 Å². The van der Waals surface area contributed by atoms with Gasteiger partial charge in [-0.05, 0) is 24.4 Å². The second-order valence-electron chi connectivity index (χ2n) is 4.41. The summed E-state index contributed by atoms with van der Waals surface area (Å²) < 4.78 is 5.62. The molecule has 1 aromatic rings. The van der Waals surface area contributed by atoms with Crippen LogP contribution < -0.4 is 10.5 Å². The van der Waals surface area contributed by atoms with Crippen LogP contribution in [0, 0.1) is 0 Å². The van der Waals surface area contributed by atoms with Gasteiger partial charge in [-0.15, -0.1) is 0 Å². The lowest BCUT2D eigenvalue weighted by Gasteiger charge is -2.40. The summed E-state index contributed by atoms with van der Waals surface area (Å²) in [6, 6.07) is 3.36. The van der Waals surface area contributed by atoms with Crippen LogP contribution in [-0.2, 0) is 0 Å². The Morgan fingerprint density at radius 1 is 1.60 bits per heavy atom. The number of piperazine rings is 1. The Balaban J connectivity index is 2.00. The number of aromatic nitrogens is 1. The highest BCUT2D eigenvalue weighted by Crippen LogP contribution is 2.13. The SMILES string of the molecule is NC(=S)N1CCN(C(=O)O)CC1COc1cccnc1. The second-order valence-corrected chi connectivity index (χ2v) is 4.83. The first-order valence-electron chi connectivity index (χ1n) is 6.14. The number of thiocarbonyl (C=S) groups is 1. The van der Waals surface area contributed by atoms with Crippen molar-refractivity contribution in [2.45, 2.75) is 6.04 Å². The zero-order valence-electron chi connectivity index (χ0n) is 10.8. The first-order valence-corrected chi connectivity index (χ1v) is 6.55. The summed E-state index contributed by atoms with van der Waals surface area (Å²) in [6.07, 6.45) is 2.31. The van der Waals surface area contributed by atoms with Gasteiger partial charge < -0.3 is 25.4 Å². The van der Waals surface area contributed by atoms with E-state index < -0.39 is 6.09 Å². The molecule has 1 amide bonds. The lowest BCUT2D eigenvalue weighted by atomic mass is 10.2. The molecule has 0 radical (unpaired) electrons. The van der Waals surface area contributed by atoms with Crippen LogP contribution in [0.3, 0.4) is 0 Å². The van der Waals surface area contributed by atoms with Crippen molar-refractivity contribution in [1.29, 1.82) is 0 Å². The van der Waals surface area contributed by atoms with E-state index in [9.17, 15) is 4.79 Å². The maximum Gasteiger partial charge on any atom is 0.407 e. The molecule has 0 aliphatic carbocycles. The summed E-state index contributed by atoms with van der Waals surface area (Å²) in [5.41, 5.74) is 5.67. The minimum atomic E-state index is -0.945. The molecule has 20 heavy (non-hydrogen) atoms. The monoisotopic (exact) mass is 296 g/mol. The average Bonchev–Trinajstić information content (AvgIpc) is 2.45. The first kappa shape index (κ1) is 14.3. The van der Waals surface area contributed by atoms with E-state index in [1.807, 2.05) is 0 Å². The highest BCUT2D eigenvalue weighted by atomic mass is 32.1. The third kappa shape index (κ3) is 3.47. The van der Waals surface area contributed by atoms with Crippen molar-refractivity contribution < 1.29 is 14.6 Å². The molecule has 1 unspecified atom stereocenters. The molecule has 1 aliphatic heterocycles. The number of nitrogens with zero attached hydrogens (tertiary/aromatic N) is 3. The lowest BCUT2D eigenvalue weighted by Crippen LogP contribution is -2.59. The number of ether oxygens (including phenoxy) is 1. The summed E-state index contributed by atoms with van der Waals surface area (Å²) in [7, 11) is 0. The molecule has 3 N–H and O–H groups in total. The maximum atomic E-state index is 11.0. The van der Waals surface area contributed by atoms with E-state index in [-0.39, 0.29) is 11.2 Å². The van der Waals surface area contributed by atoms with Crippen molar-refractivity contribution in [3.63, 3.8) is 0 Å². The molecular weight excluding hydrogens is 280 g/mol. The minimum Gasteiger partial charge on any atom is -0.490 e. The molecule has 7 nitrogen and oxygen atoms in total. The number of amides is 1. The molecular formula is C12H16N4O3S. The molecule has 0 spiro atoms. The van der Waals surface area contributed by atoms with E-state index in [0.29, 0.717) is 32.0 Å². The molecule has 8 heteroatoms. The van der Waals surface area contributed by atoms with Gasteiger partial charge in [-0.3, -0.25) is 4.98 Å². The van der Waals surface area contributed by atoms with E-state index in [2.05, 4.69) is 4.98 Å². The molecule has 1 saturated heterocycles. The number of hydrogen-bond donors (Lipinski definition) is 2.